The van der Waals surface area contributed by atoms with Gasteiger partial charge in [-0.2, -0.15) is 0 Å². The zero-order chi connectivity index (χ0) is 15.9. The third kappa shape index (κ3) is 2.42. The van der Waals surface area contributed by atoms with Crippen molar-refractivity contribution in [1.29, 1.82) is 0 Å². The van der Waals surface area contributed by atoms with E-state index in [1.165, 1.54) is 16.7 Å². The number of halogens is 3. The maximum absolute atomic E-state index is 13.6. The Bertz CT molecular complexity index is 872. The summed E-state index contributed by atoms with van der Waals surface area (Å²) in [5.41, 5.74) is 0.613. The van der Waals surface area contributed by atoms with Gasteiger partial charge in [0.25, 0.3) is 5.91 Å². The lowest BCUT2D eigenvalue weighted by atomic mass is 10.2. The predicted octanol–water partition coefficient (Wildman–Crippen LogP) is 3.83. The van der Waals surface area contributed by atoms with Gasteiger partial charge in [-0.15, -0.1) is 0 Å². The number of pyridine rings is 1. The molecule has 2 aromatic heterocycles. The molecule has 0 atom stereocenters. The molecule has 0 aliphatic carbocycles. The number of aryl methyl sites for hydroxylation is 1. The van der Waals surface area contributed by atoms with Crippen LogP contribution in [0.15, 0.2) is 36.5 Å². The molecule has 112 valence electrons. The summed E-state index contributed by atoms with van der Waals surface area (Å²) in [4.78, 5) is 16.6. The predicted molar refractivity (Wildman–Crippen MR) is 79.3 cm³/mol. The Balaban J connectivity index is 2.06. The fourth-order valence-corrected chi connectivity index (χ4v) is 2.36. The van der Waals surface area contributed by atoms with Gasteiger partial charge in [-0.25, -0.2) is 13.8 Å². The maximum atomic E-state index is 13.6. The number of amides is 1. The highest BCUT2D eigenvalue weighted by Crippen LogP contribution is 2.21. The van der Waals surface area contributed by atoms with E-state index in [2.05, 4.69) is 10.3 Å². The first-order chi connectivity index (χ1) is 10.5. The monoisotopic (exact) mass is 321 g/mol. The summed E-state index contributed by atoms with van der Waals surface area (Å²) in [5, 5.41) is 2.65. The lowest BCUT2D eigenvalue weighted by Gasteiger charge is -2.08. The van der Waals surface area contributed by atoms with Gasteiger partial charge in [-0.1, -0.05) is 17.7 Å². The van der Waals surface area contributed by atoms with Gasteiger partial charge in [0.2, 0.25) is 0 Å². The highest BCUT2D eigenvalue weighted by Gasteiger charge is 2.19. The number of nitrogens with one attached hydrogen (secondary N) is 1. The van der Waals surface area contributed by atoms with Crippen molar-refractivity contribution in [3.63, 3.8) is 0 Å². The molecule has 0 saturated carbocycles. The van der Waals surface area contributed by atoms with Crippen LogP contribution in [0.4, 0.5) is 14.5 Å². The summed E-state index contributed by atoms with van der Waals surface area (Å²) in [6.45, 7) is 1.63. The lowest BCUT2D eigenvalue weighted by molar-refractivity contribution is 0.101. The molecule has 0 radical (unpaired) electrons. The minimum atomic E-state index is -0.849. The van der Waals surface area contributed by atoms with E-state index in [-0.39, 0.29) is 5.69 Å². The molecule has 0 saturated heterocycles. The number of hydrogen-bond donors (Lipinski definition) is 1. The average Bonchev–Trinajstić information content (AvgIpc) is 2.78. The zero-order valence-corrected chi connectivity index (χ0v) is 12.2. The van der Waals surface area contributed by atoms with Crippen molar-refractivity contribution in [2.24, 2.45) is 0 Å². The van der Waals surface area contributed by atoms with Crippen LogP contribution in [-0.4, -0.2) is 15.3 Å². The molecular formula is C15H10ClF2N3O. The molecule has 0 fully saturated rings. The van der Waals surface area contributed by atoms with Crippen molar-refractivity contribution >= 4 is 28.8 Å². The van der Waals surface area contributed by atoms with E-state index in [0.717, 1.165) is 12.1 Å². The first-order valence-corrected chi connectivity index (χ1v) is 6.75. The van der Waals surface area contributed by atoms with E-state index in [9.17, 15) is 13.6 Å². The second kappa shape index (κ2) is 5.38. The minimum Gasteiger partial charge on any atom is -0.316 e. The van der Waals surface area contributed by atoms with Crippen molar-refractivity contribution in [1.82, 2.24) is 9.38 Å². The smallest absolute Gasteiger partial charge is 0.274 e. The van der Waals surface area contributed by atoms with Crippen LogP contribution >= 0.6 is 11.6 Å². The summed E-state index contributed by atoms with van der Waals surface area (Å²) < 4.78 is 28.7. The normalized spacial score (nSPS) is 10.9. The van der Waals surface area contributed by atoms with Crippen LogP contribution in [0.2, 0.25) is 5.02 Å². The summed E-state index contributed by atoms with van der Waals surface area (Å²) in [6, 6.07) is 6.64. The number of carbonyl (C=O) groups excluding carboxylic acids is 1. The number of imidazole rings is 1. The van der Waals surface area contributed by atoms with Gasteiger partial charge in [-0.3, -0.25) is 9.20 Å². The van der Waals surface area contributed by atoms with Crippen LogP contribution in [0.3, 0.4) is 0 Å². The molecule has 2 heterocycles. The number of aromatic nitrogens is 2. The van der Waals surface area contributed by atoms with Gasteiger partial charge in [0.15, 0.2) is 0 Å². The number of rotatable bonds is 2. The van der Waals surface area contributed by atoms with Crippen LogP contribution in [0.25, 0.3) is 5.65 Å². The quantitative estimate of drug-likeness (QED) is 0.780. The summed E-state index contributed by atoms with van der Waals surface area (Å²) >= 11 is 5.91. The number of hydrogen-bond acceptors (Lipinski definition) is 2. The van der Waals surface area contributed by atoms with Crippen molar-refractivity contribution in [3.8, 4) is 0 Å². The number of para-hydroxylation sites is 1. The van der Waals surface area contributed by atoms with E-state index >= 15 is 0 Å². The SMILES string of the molecule is Cc1nc2ccc(Cl)cn2c1C(=O)Nc1c(F)cccc1F. The second-order valence-electron chi connectivity index (χ2n) is 4.67. The van der Waals surface area contributed by atoms with E-state index in [0.29, 0.717) is 16.4 Å². The average molecular weight is 322 g/mol. The zero-order valence-electron chi connectivity index (χ0n) is 11.4. The number of anilines is 1. The first-order valence-electron chi connectivity index (χ1n) is 6.37. The highest BCUT2D eigenvalue weighted by molar-refractivity contribution is 6.30. The van der Waals surface area contributed by atoms with Crippen LogP contribution in [-0.2, 0) is 0 Å². The molecule has 0 aliphatic heterocycles. The molecule has 0 aliphatic rings. The van der Waals surface area contributed by atoms with Crippen LogP contribution < -0.4 is 5.32 Å². The summed E-state index contributed by atoms with van der Waals surface area (Å²) in [7, 11) is 0. The molecule has 1 aromatic carbocycles. The molecule has 0 bridgehead atoms. The highest BCUT2D eigenvalue weighted by atomic mass is 35.5. The van der Waals surface area contributed by atoms with E-state index in [4.69, 9.17) is 11.6 Å². The largest absolute Gasteiger partial charge is 0.316 e. The topological polar surface area (TPSA) is 46.4 Å². The van der Waals surface area contributed by atoms with E-state index in [1.54, 1.807) is 19.1 Å². The Morgan fingerprint density at radius 3 is 2.59 bits per heavy atom. The van der Waals surface area contributed by atoms with Gasteiger partial charge in [0.1, 0.15) is 28.7 Å². The lowest BCUT2D eigenvalue weighted by Crippen LogP contribution is -2.17. The molecular weight excluding hydrogens is 312 g/mol. The Labute approximate surface area is 129 Å². The summed E-state index contributed by atoms with van der Waals surface area (Å²) in [5.74, 6) is -2.37. The number of nitrogens with zero attached hydrogens (tertiary/aromatic N) is 2. The van der Waals surface area contributed by atoms with Gasteiger partial charge >= 0.3 is 0 Å². The third-order valence-corrected chi connectivity index (χ3v) is 3.40. The fraction of sp³-hybridized carbons (Fsp3) is 0.0667. The number of carbonyl (C=O) groups is 1. The molecule has 22 heavy (non-hydrogen) atoms. The van der Waals surface area contributed by atoms with E-state index < -0.39 is 23.2 Å². The van der Waals surface area contributed by atoms with Gasteiger partial charge in [-0.05, 0) is 31.2 Å². The molecule has 3 aromatic rings. The van der Waals surface area contributed by atoms with Crippen LogP contribution in [0.5, 0.6) is 0 Å². The van der Waals surface area contributed by atoms with Crippen LogP contribution in [0.1, 0.15) is 16.2 Å². The molecule has 7 heteroatoms. The molecule has 3 rings (SSSR count). The Morgan fingerprint density at radius 2 is 1.91 bits per heavy atom. The van der Waals surface area contributed by atoms with Gasteiger partial charge < -0.3 is 5.32 Å². The molecule has 0 spiro atoms. The van der Waals surface area contributed by atoms with Gasteiger partial charge in [0, 0.05) is 6.20 Å². The molecule has 1 amide bonds. The Hall–Kier alpha value is -2.47. The molecule has 4 nitrogen and oxygen atoms in total. The maximum Gasteiger partial charge on any atom is 0.274 e. The van der Waals surface area contributed by atoms with Crippen molar-refractivity contribution in [3.05, 3.63) is 64.6 Å². The standard InChI is InChI=1S/C15H10ClF2N3O/c1-8-14(21-7-9(16)5-6-12(21)19-8)15(22)20-13-10(17)3-2-4-11(13)18/h2-7H,1H3,(H,20,22). The number of benzene rings is 1. The summed E-state index contributed by atoms with van der Waals surface area (Å²) in [6.07, 6.45) is 1.52. The number of fused-ring (bicyclic) bond motifs is 1. The third-order valence-electron chi connectivity index (χ3n) is 3.17. The molecule has 0 unspecified atom stereocenters. The Morgan fingerprint density at radius 1 is 1.23 bits per heavy atom. The Kier molecular flexibility index (Phi) is 3.54. The molecule has 1 N–H and O–H groups in total. The second-order valence-corrected chi connectivity index (χ2v) is 5.11. The van der Waals surface area contributed by atoms with Crippen molar-refractivity contribution < 1.29 is 13.6 Å². The minimum absolute atomic E-state index is 0.167. The van der Waals surface area contributed by atoms with E-state index in [1.807, 2.05) is 0 Å². The van der Waals surface area contributed by atoms with Crippen LogP contribution in [0, 0.1) is 18.6 Å². The first kappa shape index (κ1) is 14.5. The van der Waals surface area contributed by atoms with Crippen molar-refractivity contribution in [2.75, 3.05) is 5.32 Å². The van der Waals surface area contributed by atoms with Gasteiger partial charge in [0.05, 0.1) is 10.7 Å². The fourth-order valence-electron chi connectivity index (χ4n) is 2.20. The van der Waals surface area contributed by atoms with Crippen molar-refractivity contribution in [2.45, 2.75) is 6.92 Å².